The predicted octanol–water partition coefficient (Wildman–Crippen LogP) is 1.80. The van der Waals surface area contributed by atoms with E-state index in [1.54, 1.807) is 12.1 Å². The summed E-state index contributed by atoms with van der Waals surface area (Å²) >= 11 is 0. The van der Waals surface area contributed by atoms with Crippen molar-refractivity contribution < 1.29 is 23.0 Å². The molecule has 1 amide bonds. The lowest BCUT2D eigenvalue weighted by Gasteiger charge is -2.12. The molecule has 1 heterocycles. The van der Waals surface area contributed by atoms with Crippen molar-refractivity contribution in [3.05, 3.63) is 68.2 Å². The Balaban J connectivity index is 1.65. The Labute approximate surface area is 162 Å². The van der Waals surface area contributed by atoms with Crippen LogP contribution in [0.15, 0.2) is 46.0 Å². The van der Waals surface area contributed by atoms with E-state index in [9.17, 15) is 23.2 Å². The number of hydrogen-bond donors (Lipinski definition) is 3. The van der Waals surface area contributed by atoms with Crippen LogP contribution < -0.4 is 25.9 Å². The van der Waals surface area contributed by atoms with E-state index in [-0.39, 0.29) is 24.0 Å². The fraction of sp³-hybridized carbons (Fsp3) is 0.211. The smallest absolute Gasteiger partial charge is 0.387 e. The van der Waals surface area contributed by atoms with Crippen LogP contribution in [0.2, 0.25) is 0 Å². The van der Waals surface area contributed by atoms with Gasteiger partial charge in [-0.3, -0.25) is 14.4 Å². The molecule has 8 nitrogen and oxygen atoms in total. The molecule has 0 saturated heterocycles. The third-order valence-electron chi connectivity index (χ3n) is 4.13. The van der Waals surface area contributed by atoms with Crippen molar-refractivity contribution in [1.82, 2.24) is 15.3 Å². The van der Waals surface area contributed by atoms with Crippen molar-refractivity contribution in [1.29, 1.82) is 0 Å². The second kappa shape index (κ2) is 8.55. The summed E-state index contributed by atoms with van der Waals surface area (Å²) in [5.74, 6) is -0.274. The van der Waals surface area contributed by atoms with Crippen LogP contribution in [-0.4, -0.2) is 36.1 Å². The molecule has 0 aliphatic heterocycles. The Morgan fingerprint density at radius 3 is 2.45 bits per heavy atom. The van der Waals surface area contributed by atoms with Crippen LogP contribution in [0.4, 0.5) is 8.78 Å². The lowest BCUT2D eigenvalue weighted by atomic mass is 10.1. The molecule has 0 saturated carbocycles. The fourth-order valence-corrected chi connectivity index (χ4v) is 2.74. The monoisotopic (exact) mass is 405 g/mol. The van der Waals surface area contributed by atoms with E-state index in [2.05, 4.69) is 20.0 Å². The number of amides is 1. The first kappa shape index (κ1) is 20.1. The van der Waals surface area contributed by atoms with Crippen LogP contribution in [0.25, 0.3) is 11.0 Å². The van der Waals surface area contributed by atoms with E-state index < -0.39 is 17.7 Å². The molecule has 0 aliphatic rings. The zero-order chi connectivity index (χ0) is 21.0. The van der Waals surface area contributed by atoms with Gasteiger partial charge in [-0.05, 0) is 42.3 Å². The maximum atomic E-state index is 12.4. The SMILES string of the molecule is COc1cc(CCNC(=O)c2ccc3[nH]c(=O)c(=O)[nH]c3c2)ccc1OC(F)F. The summed E-state index contributed by atoms with van der Waals surface area (Å²) in [6.07, 6.45) is 0.425. The zero-order valence-corrected chi connectivity index (χ0v) is 15.3. The molecular weight excluding hydrogens is 388 g/mol. The second-order valence-corrected chi connectivity index (χ2v) is 6.04. The first-order chi connectivity index (χ1) is 13.9. The molecular formula is C19H17F2N3O5. The van der Waals surface area contributed by atoms with E-state index in [1.807, 2.05) is 0 Å². The van der Waals surface area contributed by atoms with E-state index in [0.717, 1.165) is 5.56 Å². The number of carbonyl (C=O) groups excluding carboxylic acids is 1. The average Bonchev–Trinajstić information content (AvgIpc) is 2.69. The van der Waals surface area contributed by atoms with Crippen molar-refractivity contribution in [2.24, 2.45) is 0 Å². The highest BCUT2D eigenvalue weighted by Crippen LogP contribution is 2.29. The third kappa shape index (κ3) is 4.78. The number of halogens is 2. The number of H-pyrrole nitrogens is 2. The first-order valence-corrected chi connectivity index (χ1v) is 8.53. The van der Waals surface area contributed by atoms with Gasteiger partial charge in [0.1, 0.15) is 0 Å². The number of nitrogens with one attached hydrogen (secondary N) is 3. The number of hydrogen-bond acceptors (Lipinski definition) is 5. The van der Waals surface area contributed by atoms with Gasteiger partial charge in [0.15, 0.2) is 11.5 Å². The Morgan fingerprint density at radius 2 is 1.76 bits per heavy atom. The summed E-state index contributed by atoms with van der Waals surface area (Å²) in [4.78, 5) is 39.9. The van der Waals surface area contributed by atoms with Gasteiger partial charge >= 0.3 is 17.7 Å². The van der Waals surface area contributed by atoms with Crippen molar-refractivity contribution in [3.63, 3.8) is 0 Å². The van der Waals surface area contributed by atoms with Crippen molar-refractivity contribution >= 4 is 16.9 Å². The molecule has 2 aromatic carbocycles. The highest BCUT2D eigenvalue weighted by atomic mass is 19.3. The number of aromatic nitrogens is 2. The summed E-state index contributed by atoms with van der Waals surface area (Å²) in [5.41, 5.74) is 0.229. The largest absolute Gasteiger partial charge is 0.493 e. The highest BCUT2D eigenvalue weighted by Gasteiger charge is 2.12. The van der Waals surface area contributed by atoms with Crippen LogP contribution in [0.1, 0.15) is 15.9 Å². The molecule has 0 fully saturated rings. The maximum absolute atomic E-state index is 12.4. The summed E-state index contributed by atoms with van der Waals surface area (Å²) in [7, 11) is 1.34. The number of alkyl halides is 2. The minimum Gasteiger partial charge on any atom is -0.493 e. The van der Waals surface area contributed by atoms with Gasteiger partial charge in [0.2, 0.25) is 0 Å². The van der Waals surface area contributed by atoms with Gasteiger partial charge < -0.3 is 24.8 Å². The quantitative estimate of drug-likeness (QED) is 0.519. The summed E-state index contributed by atoms with van der Waals surface area (Å²) < 4.78 is 34.1. The molecule has 0 radical (unpaired) electrons. The van der Waals surface area contributed by atoms with Crippen LogP contribution in [-0.2, 0) is 6.42 Å². The second-order valence-electron chi connectivity index (χ2n) is 6.04. The number of ether oxygens (including phenoxy) is 2. The Bertz CT molecular complexity index is 1160. The first-order valence-electron chi connectivity index (χ1n) is 8.53. The minimum absolute atomic E-state index is 0.0708. The Hall–Kier alpha value is -3.69. The highest BCUT2D eigenvalue weighted by molar-refractivity contribution is 5.97. The van der Waals surface area contributed by atoms with E-state index in [4.69, 9.17) is 4.74 Å². The van der Waals surface area contributed by atoms with Crippen molar-refractivity contribution in [2.75, 3.05) is 13.7 Å². The summed E-state index contributed by atoms with van der Waals surface area (Å²) in [6.45, 7) is -2.68. The molecule has 3 aromatic rings. The Kier molecular flexibility index (Phi) is 5.91. The lowest BCUT2D eigenvalue weighted by Crippen LogP contribution is -2.29. The molecule has 0 spiro atoms. The van der Waals surface area contributed by atoms with E-state index in [1.165, 1.54) is 31.4 Å². The van der Waals surface area contributed by atoms with E-state index in [0.29, 0.717) is 23.0 Å². The molecule has 1 aromatic heterocycles. The van der Waals surface area contributed by atoms with Gasteiger partial charge in [-0.15, -0.1) is 0 Å². The van der Waals surface area contributed by atoms with Crippen molar-refractivity contribution in [3.8, 4) is 11.5 Å². The maximum Gasteiger partial charge on any atom is 0.387 e. The minimum atomic E-state index is -2.95. The normalized spacial score (nSPS) is 10.9. The molecule has 0 unspecified atom stereocenters. The number of rotatable bonds is 7. The van der Waals surface area contributed by atoms with E-state index >= 15 is 0 Å². The Morgan fingerprint density at radius 1 is 1.03 bits per heavy atom. The number of methoxy groups -OCH3 is 1. The standard InChI is InChI=1S/C19H17F2N3O5/c1-28-15-8-10(2-5-14(15)29-19(20)21)6-7-22-16(25)11-3-4-12-13(9-11)24-18(27)17(26)23-12/h2-5,8-9,19H,6-7H2,1H3,(H,22,25)(H,23,26)(H,24,27). The number of carbonyl (C=O) groups is 1. The predicted molar refractivity (Wildman–Crippen MR) is 101 cm³/mol. The number of aromatic amines is 2. The topological polar surface area (TPSA) is 113 Å². The zero-order valence-electron chi connectivity index (χ0n) is 15.3. The molecule has 0 bridgehead atoms. The van der Waals surface area contributed by atoms with Crippen molar-refractivity contribution in [2.45, 2.75) is 13.0 Å². The molecule has 0 atom stereocenters. The molecule has 3 N–H and O–H groups in total. The van der Waals surface area contributed by atoms with Crippen LogP contribution >= 0.6 is 0 Å². The molecule has 0 aliphatic carbocycles. The van der Waals surface area contributed by atoms with Gasteiger partial charge in [-0.25, -0.2) is 0 Å². The summed E-state index contributed by atoms with van der Waals surface area (Å²) in [6, 6.07) is 9.04. The molecule has 29 heavy (non-hydrogen) atoms. The summed E-state index contributed by atoms with van der Waals surface area (Å²) in [5, 5.41) is 2.73. The average molecular weight is 405 g/mol. The lowest BCUT2D eigenvalue weighted by molar-refractivity contribution is -0.0512. The number of fused-ring (bicyclic) bond motifs is 1. The van der Waals surface area contributed by atoms with Crippen LogP contribution in [0.3, 0.4) is 0 Å². The van der Waals surface area contributed by atoms with Gasteiger partial charge in [0.05, 0.1) is 18.1 Å². The molecule has 3 rings (SSSR count). The van der Waals surface area contributed by atoms with Gasteiger partial charge in [0, 0.05) is 12.1 Å². The van der Waals surface area contributed by atoms with Crippen LogP contribution in [0, 0.1) is 0 Å². The van der Waals surface area contributed by atoms with Crippen LogP contribution in [0.5, 0.6) is 11.5 Å². The van der Waals surface area contributed by atoms with Gasteiger partial charge in [-0.2, -0.15) is 8.78 Å². The third-order valence-corrected chi connectivity index (χ3v) is 4.13. The van der Waals surface area contributed by atoms with Gasteiger partial charge in [-0.1, -0.05) is 6.07 Å². The van der Waals surface area contributed by atoms with Gasteiger partial charge in [0.25, 0.3) is 5.91 Å². The molecule has 10 heteroatoms. The fourth-order valence-electron chi connectivity index (χ4n) is 2.74. The number of benzene rings is 2. The molecule has 152 valence electrons.